The Bertz CT molecular complexity index is 497. The zero-order chi connectivity index (χ0) is 15.0. The van der Waals surface area contributed by atoms with E-state index in [1.54, 1.807) is 13.0 Å². The van der Waals surface area contributed by atoms with E-state index < -0.39 is 11.9 Å². The van der Waals surface area contributed by atoms with Crippen molar-refractivity contribution in [3.05, 3.63) is 29.6 Å². The van der Waals surface area contributed by atoms with Crippen LogP contribution in [0.5, 0.6) is 5.75 Å². The first kappa shape index (κ1) is 16.0. The molecule has 0 radical (unpaired) electrons. The molecule has 0 fully saturated rings. The van der Waals surface area contributed by atoms with Crippen molar-refractivity contribution >= 4 is 5.91 Å². The van der Waals surface area contributed by atoms with Crippen LogP contribution < -0.4 is 10.1 Å². The van der Waals surface area contributed by atoms with E-state index in [1.807, 2.05) is 0 Å². The highest BCUT2D eigenvalue weighted by molar-refractivity contribution is 5.80. The Hall–Kier alpha value is -2.09. The molecule has 0 saturated heterocycles. The van der Waals surface area contributed by atoms with Crippen molar-refractivity contribution in [3.63, 3.8) is 0 Å². The van der Waals surface area contributed by atoms with Crippen molar-refractivity contribution in [2.75, 3.05) is 6.54 Å². The second-order valence-corrected chi connectivity index (χ2v) is 4.48. The van der Waals surface area contributed by atoms with E-state index in [0.29, 0.717) is 6.54 Å². The van der Waals surface area contributed by atoms with Gasteiger partial charge < -0.3 is 10.1 Å². The fraction of sp³-hybridized carbons (Fsp3) is 0.467. The number of hydrogen-bond donors (Lipinski definition) is 1. The van der Waals surface area contributed by atoms with Gasteiger partial charge in [-0.25, -0.2) is 4.39 Å². The topological polar surface area (TPSA) is 62.1 Å². The van der Waals surface area contributed by atoms with Crippen molar-refractivity contribution in [2.45, 2.75) is 39.2 Å². The lowest BCUT2D eigenvalue weighted by atomic mass is 10.2. The van der Waals surface area contributed by atoms with Gasteiger partial charge in [-0.15, -0.1) is 0 Å². The zero-order valence-corrected chi connectivity index (χ0v) is 11.8. The van der Waals surface area contributed by atoms with Crippen LogP contribution in [0.4, 0.5) is 4.39 Å². The maximum Gasteiger partial charge on any atom is 0.260 e. The Balaban J connectivity index is 2.58. The number of benzene rings is 1. The average Bonchev–Trinajstić information content (AvgIpc) is 2.43. The van der Waals surface area contributed by atoms with Gasteiger partial charge in [0.25, 0.3) is 5.91 Å². The van der Waals surface area contributed by atoms with Gasteiger partial charge >= 0.3 is 0 Å². The molecule has 0 spiro atoms. The highest BCUT2D eigenvalue weighted by Crippen LogP contribution is 2.21. The monoisotopic (exact) mass is 278 g/mol. The summed E-state index contributed by atoms with van der Waals surface area (Å²) in [6.07, 6.45) is 2.28. The second-order valence-electron chi connectivity index (χ2n) is 4.48. The first-order valence-electron chi connectivity index (χ1n) is 6.73. The minimum Gasteiger partial charge on any atom is -0.479 e. The summed E-state index contributed by atoms with van der Waals surface area (Å²) in [5.74, 6) is -0.835. The van der Waals surface area contributed by atoms with E-state index in [9.17, 15) is 9.18 Å². The van der Waals surface area contributed by atoms with Crippen molar-refractivity contribution in [3.8, 4) is 11.8 Å². The maximum absolute atomic E-state index is 13.4. The molecule has 0 heterocycles. The summed E-state index contributed by atoms with van der Waals surface area (Å²) in [5, 5.41) is 11.6. The largest absolute Gasteiger partial charge is 0.479 e. The minimum atomic E-state index is -0.773. The van der Waals surface area contributed by atoms with E-state index in [0.717, 1.165) is 19.3 Å². The quantitative estimate of drug-likeness (QED) is 0.780. The summed E-state index contributed by atoms with van der Waals surface area (Å²) in [4.78, 5) is 11.8. The minimum absolute atomic E-state index is 0.0868. The fourth-order valence-corrected chi connectivity index (χ4v) is 1.69. The van der Waals surface area contributed by atoms with Crippen molar-refractivity contribution in [1.82, 2.24) is 5.32 Å². The summed E-state index contributed by atoms with van der Waals surface area (Å²) in [6, 6.07) is 5.83. The number of nitriles is 1. The van der Waals surface area contributed by atoms with E-state index in [4.69, 9.17) is 10.00 Å². The maximum atomic E-state index is 13.4. The number of nitrogens with one attached hydrogen (secondary N) is 1. The van der Waals surface area contributed by atoms with Gasteiger partial charge in [-0.2, -0.15) is 5.26 Å². The molecule has 0 bridgehead atoms. The Morgan fingerprint density at radius 1 is 1.50 bits per heavy atom. The summed E-state index contributed by atoms with van der Waals surface area (Å²) in [6.45, 7) is 4.25. The van der Waals surface area contributed by atoms with Gasteiger partial charge in [0.1, 0.15) is 23.2 Å². The number of halogens is 1. The molecule has 108 valence electrons. The van der Waals surface area contributed by atoms with Gasteiger partial charge in [0.15, 0.2) is 6.10 Å². The predicted molar refractivity (Wildman–Crippen MR) is 73.7 cm³/mol. The number of rotatable bonds is 7. The lowest BCUT2D eigenvalue weighted by molar-refractivity contribution is -0.127. The molecule has 5 heteroatoms. The zero-order valence-electron chi connectivity index (χ0n) is 11.8. The van der Waals surface area contributed by atoms with E-state index in [1.165, 1.54) is 18.2 Å². The van der Waals surface area contributed by atoms with Crippen LogP contribution in [0, 0.1) is 17.1 Å². The van der Waals surface area contributed by atoms with Crippen LogP contribution in [-0.4, -0.2) is 18.6 Å². The third kappa shape index (κ3) is 4.54. The fourth-order valence-electron chi connectivity index (χ4n) is 1.69. The second kappa shape index (κ2) is 8.16. The standard InChI is InChI=1S/C15H19FN2O2/c1-3-4-5-9-18-15(19)11(2)20-14-8-6-7-13(16)12(14)10-17/h6-8,11H,3-5,9H2,1-2H3,(H,18,19). The molecule has 0 aliphatic rings. The van der Waals surface area contributed by atoms with Crippen LogP contribution in [0.3, 0.4) is 0 Å². The molecule has 1 rings (SSSR count). The van der Waals surface area contributed by atoms with Gasteiger partial charge in [0.2, 0.25) is 0 Å². The number of hydrogen-bond acceptors (Lipinski definition) is 3. The average molecular weight is 278 g/mol. The molecule has 1 amide bonds. The van der Waals surface area contributed by atoms with Crippen molar-refractivity contribution in [2.24, 2.45) is 0 Å². The van der Waals surface area contributed by atoms with E-state index in [-0.39, 0.29) is 17.2 Å². The molecule has 0 aliphatic heterocycles. The highest BCUT2D eigenvalue weighted by atomic mass is 19.1. The Kier molecular flexibility index (Phi) is 6.51. The molecular formula is C15H19FN2O2. The van der Waals surface area contributed by atoms with Gasteiger partial charge in [-0.05, 0) is 25.5 Å². The van der Waals surface area contributed by atoms with Gasteiger partial charge in [-0.1, -0.05) is 25.8 Å². The SMILES string of the molecule is CCCCCNC(=O)C(C)Oc1cccc(F)c1C#N. The molecule has 0 aromatic heterocycles. The number of carbonyl (C=O) groups excluding carboxylic acids is 1. The molecular weight excluding hydrogens is 259 g/mol. The molecule has 0 aliphatic carbocycles. The predicted octanol–water partition coefficient (Wildman–Crippen LogP) is 2.77. The lowest BCUT2D eigenvalue weighted by Crippen LogP contribution is -2.37. The smallest absolute Gasteiger partial charge is 0.260 e. The summed E-state index contributed by atoms with van der Waals surface area (Å²) < 4.78 is 18.7. The number of carbonyl (C=O) groups is 1. The van der Waals surface area contributed by atoms with Crippen LogP contribution in [-0.2, 0) is 4.79 Å². The third-order valence-corrected chi connectivity index (χ3v) is 2.84. The Labute approximate surface area is 118 Å². The van der Waals surface area contributed by atoms with Crippen molar-refractivity contribution < 1.29 is 13.9 Å². The first-order valence-corrected chi connectivity index (χ1v) is 6.73. The molecule has 1 atom stereocenters. The highest BCUT2D eigenvalue weighted by Gasteiger charge is 2.17. The lowest BCUT2D eigenvalue weighted by Gasteiger charge is -2.15. The Morgan fingerprint density at radius 3 is 2.90 bits per heavy atom. The van der Waals surface area contributed by atoms with Crippen LogP contribution in [0.1, 0.15) is 38.7 Å². The summed E-state index contributed by atoms with van der Waals surface area (Å²) in [5.41, 5.74) is -0.182. The van der Waals surface area contributed by atoms with Gasteiger partial charge in [0, 0.05) is 6.54 Å². The van der Waals surface area contributed by atoms with E-state index in [2.05, 4.69) is 12.2 Å². The number of unbranched alkanes of at least 4 members (excludes halogenated alkanes) is 2. The molecule has 1 unspecified atom stereocenters. The van der Waals surface area contributed by atoms with Crippen molar-refractivity contribution in [1.29, 1.82) is 5.26 Å². The molecule has 1 aromatic carbocycles. The van der Waals surface area contributed by atoms with Gasteiger partial charge in [0.05, 0.1) is 0 Å². The van der Waals surface area contributed by atoms with Crippen LogP contribution in [0.15, 0.2) is 18.2 Å². The van der Waals surface area contributed by atoms with Gasteiger partial charge in [-0.3, -0.25) is 4.79 Å². The summed E-state index contributed by atoms with van der Waals surface area (Å²) >= 11 is 0. The molecule has 0 saturated carbocycles. The number of nitrogens with zero attached hydrogens (tertiary/aromatic N) is 1. The molecule has 1 aromatic rings. The molecule has 20 heavy (non-hydrogen) atoms. The Morgan fingerprint density at radius 2 is 2.25 bits per heavy atom. The molecule has 4 nitrogen and oxygen atoms in total. The summed E-state index contributed by atoms with van der Waals surface area (Å²) in [7, 11) is 0. The number of amides is 1. The number of ether oxygens (including phenoxy) is 1. The van der Waals surface area contributed by atoms with Crippen LogP contribution >= 0.6 is 0 Å². The van der Waals surface area contributed by atoms with Crippen LogP contribution in [0.25, 0.3) is 0 Å². The molecule has 1 N–H and O–H groups in total. The van der Waals surface area contributed by atoms with E-state index >= 15 is 0 Å². The van der Waals surface area contributed by atoms with Crippen LogP contribution in [0.2, 0.25) is 0 Å². The first-order chi connectivity index (χ1) is 9.60. The normalized spacial score (nSPS) is 11.5. The third-order valence-electron chi connectivity index (χ3n) is 2.84.